The van der Waals surface area contributed by atoms with E-state index in [9.17, 15) is 28.6 Å². The molecule has 38 heavy (non-hydrogen) atoms. The van der Waals surface area contributed by atoms with Gasteiger partial charge in [-0.15, -0.1) is 0 Å². The third-order valence-electron chi connectivity index (χ3n) is 6.57. The maximum Gasteiger partial charge on any atom is 0.325 e. The number of carbonyl (C=O) groups excluding carboxylic acids is 3. The molecule has 1 aromatic rings. The molecule has 0 radical (unpaired) electrons. The minimum Gasteiger partial charge on any atom is -0.480 e. The van der Waals surface area contributed by atoms with E-state index in [-0.39, 0.29) is 19.3 Å². The van der Waals surface area contributed by atoms with Crippen LogP contribution in [0, 0.1) is 17.2 Å². The van der Waals surface area contributed by atoms with Crippen LogP contribution in [0.25, 0.3) is 0 Å². The third kappa shape index (κ3) is 8.94. The molecule has 6 unspecified atom stereocenters. The number of aliphatic carboxylic acids is 1. The van der Waals surface area contributed by atoms with Gasteiger partial charge in [0.15, 0.2) is 0 Å². The van der Waals surface area contributed by atoms with E-state index >= 15 is 0 Å². The summed E-state index contributed by atoms with van der Waals surface area (Å²) in [5.74, 6) is -5.14. The second kappa shape index (κ2) is 14.0. The Kier molecular flexibility index (Phi) is 11.4. The number of carboxylic acids is 1. The molecule has 1 saturated heterocycles. The van der Waals surface area contributed by atoms with Gasteiger partial charge >= 0.3 is 5.97 Å². The van der Waals surface area contributed by atoms with Crippen molar-refractivity contribution in [3.63, 3.8) is 0 Å². The van der Waals surface area contributed by atoms with Crippen LogP contribution < -0.4 is 16.4 Å². The van der Waals surface area contributed by atoms with E-state index in [4.69, 9.17) is 16.1 Å². The number of benzene rings is 1. The molecule has 2 rings (SSSR count). The van der Waals surface area contributed by atoms with Gasteiger partial charge < -0.3 is 31.3 Å². The van der Waals surface area contributed by atoms with Crippen LogP contribution in [0.2, 0.25) is 0 Å². The highest BCUT2D eigenvalue weighted by molar-refractivity contribution is 7.58. The fraction of sp³-hybridized carbons (Fsp3) is 0.560. The predicted molar refractivity (Wildman–Crippen MR) is 139 cm³/mol. The SMILES string of the molecule is CC(NC(=O)C(Cc1ccccc1)CP(=O)(O)C(C)NC(=O)CCC(N)C(=O)N1CCCC1C#N)C(=O)O. The summed E-state index contributed by atoms with van der Waals surface area (Å²) in [6.07, 6.45) is 0.724. The van der Waals surface area contributed by atoms with E-state index in [1.165, 1.54) is 18.7 Å². The van der Waals surface area contributed by atoms with Gasteiger partial charge in [0, 0.05) is 19.1 Å². The summed E-state index contributed by atoms with van der Waals surface area (Å²) >= 11 is 0. The smallest absolute Gasteiger partial charge is 0.325 e. The summed E-state index contributed by atoms with van der Waals surface area (Å²) in [5.41, 5.74) is 6.67. The Morgan fingerprint density at radius 2 is 1.87 bits per heavy atom. The van der Waals surface area contributed by atoms with E-state index in [0.29, 0.717) is 19.4 Å². The van der Waals surface area contributed by atoms with Crippen molar-refractivity contribution in [3.8, 4) is 6.07 Å². The minimum absolute atomic E-state index is 0.00607. The van der Waals surface area contributed by atoms with Crippen molar-refractivity contribution >= 4 is 31.1 Å². The lowest BCUT2D eigenvalue weighted by Crippen LogP contribution is -2.46. The van der Waals surface area contributed by atoms with Crippen molar-refractivity contribution in [3.05, 3.63) is 35.9 Å². The van der Waals surface area contributed by atoms with E-state index < -0.39 is 67.0 Å². The zero-order valence-electron chi connectivity index (χ0n) is 21.6. The first-order valence-corrected chi connectivity index (χ1v) is 14.4. The van der Waals surface area contributed by atoms with Gasteiger partial charge in [-0.3, -0.25) is 23.7 Å². The number of nitrogens with zero attached hydrogens (tertiary/aromatic N) is 2. The summed E-state index contributed by atoms with van der Waals surface area (Å²) in [6, 6.07) is 8.16. The topological polar surface area (TPSA) is 203 Å². The van der Waals surface area contributed by atoms with E-state index in [0.717, 1.165) is 5.56 Å². The molecule has 0 saturated carbocycles. The standard InChI is InChI=1S/C25H36N5O7P/c1-16(25(34)35)28-23(32)19(13-18-7-4-3-5-8-18)15-38(36,37)17(2)29-22(31)11-10-21(27)24(33)30-12-6-9-20(30)14-26/h3-5,7-8,16-17,19-21H,6,9-13,15,27H2,1-2H3,(H,28,32)(H,29,31)(H,34,35)(H,36,37). The highest BCUT2D eigenvalue weighted by Gasteiger charge is 2.36. The van der Waals surface area contributed by atoms with Gasteiger partial charge in [0.05, 0.1) is 18.0 Å². The van der Waals surface area contributed by atoms with E-state index in [2.05, 4.69) is 16.7 Å². The Labute approximate surface area is 222 Å². The zero-order chi connectivity index (χ0) is 28.5. The quantitative estimate of drug-likeness (QED) is 0.220. The van der Waals surface area contributed by atoms with Crippen molar-refractivity contribution in [1.82, 2.24) is 15.5 Å². The number of amides is 3. The number of rotatable bonds is 13. The molecule has 12 nitrogen and oxygen atoms in total. The highest BCUT2D eigenvalue weighted by Crippen LogP contribution is 2.47. The summed E-state index contributed by atoms with van der Waals surface area (Å²) < 4.78 is 13.2. The lowest BCUT2D eigenvalue weighted by molar-refractivity contribution is -0.141. The van der Waals surface area contributed by atoms with Gasteiger partial charge in [-0.05, 0) is 45.1 Å². The summed E-state index contributed by atoms with van der Waals surface area (Å²) in [6.45, 7) is 3.08. The van der Waals surface area contributed by atoms with Crippen LogP contribution in [0.5, 0.6) is 0 Å². The fourth-order valence-corrected chi connectivity index (χ4v) is 5.79. The molecule has 6 atom stereocenters. The van der Waals surface area contributed by atoms with Crippen LogP contribution in [0.15, 0.2) is 30.3 Å². The molecule has 1 aliphatic rings. The Morgan fingerprint density at radius 3 is 2.47 bits per heavy atom. The van der Waals surface area contributed by atoms with Crippen LogP contribution in [0.3, 0.4) is 0 Å². The average molecular weight is 550 g/mol. The first kappa shape index (κ1) is 31.0. The highest BCUT2D eigenvalue weighted by atomic mass is 31.2. The lowest BCUT2D eigenvalue weighted by Gasteiger charge is -2.26. The van der Waals surface area contributed by atoms with Crippen LogP contribution in [0.4, 0.5) is 0 Å². The maximum absolute atomic E-state index is 13.2. The molecule has 0 aromatic heterocycles. The second-order valence-corrected chi connectivity index (χ2v) is 12.3. The molecule has 0 aliphatic carbocycles. The van der Waals surface area contributed by atoms with Crippen LogP contribution in [-0.2, 0) is 30.2 Å². The van der Waals surface area contributed by atoms with Gasteiger partial charge in [0.1, 0.15) is 17.9 Å². The number of carbonyl (C=O) groups is 4. The second-order valence-electron chi connectivity index (χ2n) is 9.60. The van der Waals surface area contributed by atoms with Gasteiger partial charge in [0.25, 0.3) is 0 Å². The summed E-state index contributed by atoms with van der Waals surface area (Å²) in [5, 5.41) is 23.1. The molecule has 0 spiro atoms. The summed E-state index contributed by atoms with van der Waals surface area (Å²) in [4.78, 5) is 61.2. The Hall–Kier alpha value is -3.26. The number of nitriles is 1. The molecule has 3 amide bonds. The molecule has 6 N–H and O–H groups in total. The van der Waals surface area contributed by atoms with Crippen LogP contribution >= 0.6 is 7.37 Å². The number of nitrogens with two attached hydrogens (primary N) is 1. The Morgan fingerprint density at radius 1 is 1.21 bits per heavy atom. The normalized spacial score (nSPS) is 19.8. The average Bonchev–Trinajstić information content (AvgIpc) is 3.35. The monoisotopic (exact) mass is 549 g/mol. The Bertz CT molecular complexity index is 1090. The van der Waals surface area contributed by atoms with Crippen LogP contribution in [0.1, 0.15) is 45.1 Å². The molecule has 1 aliphatic heterocycles. The predicted octanol–water partition coefficient (Wildman–Crippen LogP) is 0.789. The molecule has 208 valence electrons. The Balaban J connectivity index is 1.99. The van der Waals surface area contributed by atoms with Crippen molar-refractivity contribution in [1.29, 1.82) is 5.26 Å². The maximum atomic E-state index is 13.2. The van der Waals surface area contributed by atoms with Gasteiger partial charge in [-0.1, -0.05) is 30.3 Å². The largest absolute Gasteiger partial charge is 0.480 e. The summed E-state index contributed by atoms with van der Waals surface area (Å²) in [7, 11) is -4.13. The first-order valence-electron chi connectivity index (χ1n) is 12.5. The van der Waals surface area contributed by atoms with Crippen molar-refractivity contribution < 1.29 is 33.7 Å². The van der Waals surface area contributed by atoms with Gasteiger partial charge in [-0.2, -0.15) is 5.26 Å². The molecule has 1 aromatic carbocycles. The van der Waals surface area contributed by atoms with E-state index in [1.807, 2.05) is 0 Å². The van der Waals surface area contributed by atoms with Crippen molar-refractivity contribution in [2.45, 2.75) is 69.9 Å². The third-order valence-corrected chi connectivity index (χ3v) is 8.87. The number of hydrogen-bond acceptors (Lipinski definition) is 7. The fourth-order valence-electron chi connectivity index (χ4n) is 4.20. The number of nitrogens with one attached hydrogen (secondary N) is 2. The zero-order valence-corrected chi connectivity index (χ0v) is 22.5. The number of likely N-dealkylation sites (tertiary alicyclic amines) is 1. The molecular weight excluding hydrogens is 513 g/mol. The van der Waals surface area contributed by atoms with Crippen molar-refractivity contribution in [2.24, 2.45) is 11.7 Å². The lowest BCUT2D eigenvalue weighted by atomic mass is 10.00. The number of hydrogen-bond donors (Lipinski definition) is 5. The molecule has 13 heteroatoms. The van der Waals surface area contributed by atoms with E-state index in [1.54, 1.807) is 30.3 Å². The molecule has 0 bridgehead atoms. The molecule has 1 heterocycles. The van der Waals surface area contributed by atoms with Crippen LogP contribution in [-0.4, -0.2) is 75.2 Å². The molecular formula is C25H36N5O7P. The minimum atomic E-state index is -4.13. The van der Waals surface area contributed by atoms with Gasteiger partial charge in [0.2, 0.25) is 25.1 Å². The molecule has 1 fully saturated rings. The number of carboxylic acid groups (broad SMARTS) is 1. The van der Waals surface area contributed by atoms with Gasteiger partial charge in [-0.25, -0.2) is 0 Å². The first-order chi connectivity index (χ1) is 17.9. The van der Waals surface area contributed by atoms with Crippen molar-refractivity contribution in [2.75, 3.05) is 12.7 Å².